The first kappa shape index (κ1) is 13.6. The van der Waals surface area contributed by atoms with Crippen molar-refractivity contribution in [1.82, 2.24) is 20.1 Å². The summed E-state index contributed by atoms with van der Waals surface area (Å²) in [6.07, 6.45) is 3.22. The zero-order valence-electron chi connectivity index (χ0n) is 12.2. The van der Waals surface area contributed by atoms with E-state index in [-0.39, 0.29) is 12.0 Å². The summed E-state index contributed by atoms with van der Waals surface area (Å²) >= 11 is 0. The Kier molecular flexibility index (Phi) is 3.30. The first-order valence-electron chi connectivity index (χ1n) is 7.26. The quantitative estimate of drug-likeness (QED) is 0.796. The number of rotatable bonds is 4. The molecular formula is C16H14N4O3. The van der Waals surface area contributed by atoms with Crippen LogP contribution in [0.2, 0.25) is 0 Å². The highest BCUT2D eigenvalue weighted by atomic mass is 16.5. The lowest BCUT2D eigenvalue weighted by Gasteiger charge is -2.38. The van der Waals surface area contributed by atoms with E-state index >= 15 is 0 Å². The Labute approximate surface area is 131 Å². The molecule has 0 radical (unpaired) electrons. The minimum absolute atomic E-state index is 0.0302. The molecule has 0 saturated carbocycles. The van der Waals surface area contributed by atoms with Gasteiger partial charge in [-0.3, -0.25) is 9.89 Å². The maximum atomic E-state index is 12.3. The van der Waals surface area contributed by atoms with Crippen molar-refractivity contribution in [3.63, 3.8) is 0 Å². The van der Waals surface area contributed by atoms with Gasteiger partial charge in [-0.2, -0.15) is 5.10 Å². The Balaban J connectivity index is 1.36. The standard InChI is InChI=1S/C16H14N4O3/c21-16(13-8-12(18-19-13)14-4-3-7-22-14)20-9-11(10-20)23-15-5-1-2-6-17-15/h1-8,11H,9-10H2,(H,18,19). The molecule has 0 aliphatic carbocycles. The molecule has 0 bridgehead atoms. The van der Waals surface area contributed by atoms with Crippen molar-refractivity contribution in [1.29, 1.82) is 0 Å². The minimum atomic E-state index is -0.125. The van der Waals surface area contributed by atoms with E-state index in [2.05, 4.69) is 15.2 Å². The number of aromatic amines is 1. The Morgan fingerprint density at radius 3 is 2.96 bits per heavy atom. The fourth-order valence-electron chi connectivity index (χ4n) is 2.42. The van der Waals surface area contributed by atoms with Gasteiger partial charge in [0.25, 0.3) is 5.91 Å². The van der Waals surface area contributed by atoms with Crippen molar-refractivity contribution >= 4 is 5.91 Å². The predicted octanol–water partition coefficient (Wildman–Crippen LogP) is 1.97. The first-order chi connectivity index (χ1) is 11.3. The number of aromatic nitrogens is 3. The van der Waals surface area contributed by atoms with Gasteiger partial charge >= 0.3 is 0 Å². The molecule has 3 aromatic rings. The van der Waals surface area contributed by atoms with Gasteiger partial charge in [-0.15, -0.1) is 0 Å². The number of carbonyl (C=O) groups is 1. The lowest BCUT2D eigenvalue weighted by molar-refractivity contribution is 0.0156. The van der Waals surface area contributed by atoms with E-state index in [1.54, 1.807) is 35.6 Å². The maximum absolute atomic E-state index is 12.3. The fraction of sp³-hybridized carbons (Fsp3) is 0.188. The second-order valence-corrected chi connectivity index (χ2v) is 5.26. The van der Waals surface area contributed by atoms with Crippen molar-refractivity contribution in [2.24, 2.45) is 0 Å². The number of likely N-dealkylation sites (tertiary alicyclic amines) is 1. The molecule has 1 aliphatic heterocycles. The summed E-state index contributed by atoms with van der Waals surface area (Å²) in [5, 5.41) is 6.87. The summed E-state index contributed by atoms with van der Waals surface area (Å²) in [5.41, 5.74) is 1.05. The fourth-order valence-corrected chi connectivity index (χ4v) is 2.42. The van der Waals surface area contributed by atoms with E-state index in [9.17, 15) is 4.79 Å². The molecule has 7 heteroatoms. The zero-order chi connectivity index (χ0) is 15.6. The van der Waals surface area contributed by atoms with Gasteiger partial charge in [0.1, 0.15) is 11.8 Å². The second-order valence-electron chi connectivity index (χ2n) is 5.26. The summed E-state index contributed by atoms with van der Waals surface area (Å²) in [6.45, 7) is 1.05. The topological polar surface area (TPSA) is 84.2 Å². The molecule has 1 amide bonds. The number of amides is 1. The van der Waals surface area contributed by atoms with Crippen molar-refractivity contribution < 1.29 is 13.9 Å². The van der Waals surface area contributed by atoms with Crippen LogP contribution in [0, 0.1) is 0 Å². The van der Waals surface area contributed by atoms with Gasteiger partial charge in [-0.05, 0) is 18.2 Å². The molecule has 0 unspecified atom stereocenters. The summed E-state index contributed by atoms with van der Waals surface area (Å²) in [7, 11) is 0. The van der Waals surface area contributed by atoms with Gasteiger partial charge in [0.15, 0.2) is 11.5 Å². The molecule has 1 fully saturated rings. The molecule has 4 heterocycles. The van der Waals surface area contributed by atoms with Crippen LogP contribution in [0.3, 0.4) is 0 Å². The minimum Gasteiger partial charge on any atom is -0.471 e. The molecule has 23 heavy (non-hydrogen) atoms. The molecular weight excluding hydrogens is 296 g/mol. The molecule has 3 aromatic heterocycles. The molecule has 0 atom stereocenters. The van der Waals surface area contributed by atoms with Gasteiger partial charge < -0.3 is 14.1 Å². The van der Waals surface area contributed by atoms with Crippen molar-refractivity contribution in [3.05, 3.63) is 54.6 Å². The summed E-state index contributed by atoms with van der Waals surface area (Å²) in [5.74, 6) is 1.10. The number of carbonyl (C=O) groups excluding carboxylic acids is 1. The predicted molar refractivity (Wildman–Crippen MR) is 80.8 cm³/mol. The number of ether oxygens (including phenoxy) is 1. The third-order valence-electron chi connectivity index (χ3n) is 3.64. The molecule has 1 N–H and O–H groups in total. The summed E-state index contributed by atoms with van der Waals surface area (Å²) in [4.78, 5) is 18.1. The number of nitrogens with one attached hydrogen (secondary N) is 1. The van der Waals surface area contributed by atoms with Crippen LogP contribution >= 0.6 is 0 Å². The highest BCUT2D eigenvalue weighted by Crippen LogP contribution is 2.21. The number of H-pyrrole nitrogens is 1. The third kappa shape index (κ3) is 2.68. The van der Waals surface area contributed by atoms with E-state index in [1.807, 2.05) is 18.2 Å². The molecule has 7 nitrogen and oxygen atoms in total. The molecule has 0 spiro atoms. The van der Waals surface area contributed by atoms with E-state index in [0.717, 1.165) is 0 Å². The Morgan fingerprint density at radius 2 is 2.22 bits per heavy atom. The third-order valence-corrected chi connectivity index (χ3v) is 3.64. The SMILES string of the molecule is O=C(c1cc(-c2ccco2)[nH]n1)N1CC(Oc2ccccn2)C1. The first-order valence-corrected chi connectivity index (χ1v) is 7.26. The van der Waals surface area contributed by atoms with Gasteiger partial charge in [0.2, 0.25) is 5.88 Å². The lowest BCUT2D eigenvalue weighted by Crippen LogP contribution is -2.56. The average Bonchev–Trinajstić information content (AvgIpc) is 3.21. The Hall–Kier alpha value is -3.09. The summed E-state index contributed by atoms with van der Waals surface area (Å²) < 4.78 is 11.0. The number of pyridine rings is 1. The Bertz CT molecular complexity index is 792. The van der Waals surface area contributed by atoms with Crippen molar-refractivity contribution in [2.75, 3.05) is 13.1 Å². The number of hydrogen-bond acceptors (Lipinski definition) is 5. The maximum Gasteiger partial charge on any atom is 0.274 e. The average molecular weight is 310 g/mol. The van der Waals surface area contributed by atoms with Crippen molar-refractivity contribution in [3.8, 4) is 17.3 Å². The van der Waals surface area contributed by atoms with Gasteiger partial charge in [0.05, 0.1) is 19.4 Å². The molecule has 1 aliphatic rings. The van der Waals surface area contributed by atoms with Gasteiger partial charge in [0, 0.05) is 18.3 Å². The molecule has 1 saturated heterocycles. The van der Waals surface area contributed by atoms with Crippen LogP contribution in [-0.2, 0) is 0 Å². The monoisotopic (exact) mass is 310 g/mol. The number of hydrogen-bond donors (Lipinski definition) is 1. The smallest absolute Gasteiger partial charge is 0.274 e. The zero-order valence-corrected chi connectivity index (χ0v) is 12.2. The highest BCUT2D eigenvalue weighted by Gasteiger charge is 2.34. The van der Waals surface area contributed by atoms with Crippen molar-refractivity contribution in [2.45, 2.75) is 6.10 Å². The van der Waals surface area contributed by atoms with Crippen LogP contribution in [-0.4, -0.2) is 45.2 Å². The van der Waals surface area contributed by atoms with E-state index in [0.29, 0.717) is 36.1 Å². The van der Waals surface area contributed by atoms with Gasteiger partial charge in [-0.25, -0.2) is 4.98 Å². The lowest BCUT2D eigenvalue weighted by atomic mass is 10.1. The highest BCUT2D eigenvalue weighted by molar-refractivity contribution is 5.93. The van der Waals surface area contributed by atoms with E-state index in [1.165, 1.54) is 0 Å². The van der Waals surface area contributed by atoms with E-state index < -0.39 is 0 Å². The normalized spacial score (nSPS) is 14.5. The second kappa shape index (κ2) is 5.60. The molecule has 0 aromatic carbocycles. The van der Waals surface area contributed by atoms with Crippen LogP contribution < -0.4 is 4.74 Å². The summed E-state index contributed by atoms with van der Waals surface area (Å²) in [6, 6.07) is 10.8. The van der Waals surface area contributed by atoms with Crippen LogP contribution in [0.1, 0.15) is 10.5 Å². The molecule has 116 valence electrons. The van der Waals surface area contributed by atoms with Crippen LogP contribution in [0.4, 0.5) is 0 Å². The Morgan fingerprint density at radius 1 is 1.30 bits per heavy atom. The van der Waals surface area contributed by atoms with Crippen LogP contribution in [0.25, 0.3) is 11.5 Å². The molecule has 4 rings (SSSR count). The van der Waals surface area contributed by atoms with Crippen LogP contribution in [0.15, 0.2) is 53.3 Å². The van der Waals surface area contributed by atoms with Crippen LogP contribution in [0.5, 0.6) is 5.88 Å². The van der Waals surface area contributed by atoms with Gasteiger partial charge in [-0.1, -0.05) is 6.07 Å². The van der Waals surface area contributed by atoms with E-state index in [4.69, 9.17) is 9.15 Å². The largest absolute Gasteiger partial charge is 0.471 e. The number of furan rings is 1. The number of nitrogens with zero attached hydrogens (tertiary/aromatic N) is 3.